The third kappa shape index (κ3) is 0.631. The first-order valence-corrected chi connectivity index (χ1v) is 4.50. The number of nitrogens with one attached hydrogen (secondary N) is 1. The van der Waals surface area contributed by atoms with Crippen LogP contribution in [0.3, 0.4) is 0 Å². The van der Waals surface area contributed by atoms with E-state index >= 15 is 0 Å². The van der Waals surface area contributed by atoms with E-state index in [1.54, 1.807) is 0 Å². The van der Waals surface area contributed by atoms with E-state index in [9.17, 15) is 0 Å². The molecule has 1 aliphatic carbocycles. The van der Waals surface area contributed by atoms with Crippen LogP contribution in [-0.2, 0) is 0 Å². The summed E-state index contributed by atoms with van der Waals surface area (Å²) in [6.07, 6.45) is 3.33. The lowest BCUT2D eigenvalue weighted by Gasteiger charge is -2.08. The van der Waals surface area contributed by atoms with Crippen molar-refractivity contribution in [2.45, 2.75) is 32.2 Å². The summed E-state index contributed by atoms with van der Waals surface area (Å²) in [6, 6.07) is 0.738. The van der Waals surface area contributed by atoms with Gasteiger partial charge in [0, 0.05) is 18.2 Å². The Morgan fingerprint density at radius 2 is 2.33 bits per heavy atom. The van der Waals surface area contributed by atoms with Gasteiger partial charge < -0.3 is 5.32 Å². The zero-order valence-electron chi connectivity index (χ0n) is 7.39. The SMILES string of the molecule is Cc1cnc(C)c2c1C1CC1N2. The van der Waals surface area contributed by atoms with Crippen molar-refractivity contribution in [2.75, 3.05) is 5.32 Å². The van der Waals surface area contributed by atoms with Crippen LogP contribution in [0.15, 0.2) is 6.20 Å². The molecule has 0 radical (unpaired) electrons. The summed E-state index contributed by atoms with van der Waals surface area (Å²) in [4.78, 5) is 4.34. The van der Waals surface area contributed by atoms with Crippen LogP contribution in [-0.4, -0.2) is 11.0 Å². The highest BCUT2D eigenvalue weighted by Crippen LogP contribution is 2.53. The molecule has 1 aromatic heterocycles. The molecule has 2 nitrogen and oxygen atoms in total. The average Bonchev–Trinajstić information content (AvgIpc) is 2.71. The van der Waals surface area contributed by atoms with Gasteiger partial charge in [0.1, 0.15) is 0 Å². The Bertz CT molecular complexity index is 357. The van der Waals surface area contributed by atoms with Crippen molar-refractivity contribution in [3.63, 3.8) is 0 Å². The van der Waals surface area contributed by atoms with Crippen molar-refractivity contribution in [1.82, 2.24) is 4.98 Å². The second-order valence-corrected chi connectivity index (χ2v) is 3.91. The summed E-state index contributed by atoms with van der Waals surface area (Å²) in [5.74, 6) is 0.807. The Balaban J connectivity index is 2.28. The number of aromatic nitrogens is 1. The number of aryl methyl sites for hydroxylation is 2. The predicted octanol–water partition coefficient (Wildman–Crippen LogP) is 1.98. The molecule has 2 aliphatic rings. The van der Waals surface area contributed by atoms with Gasteiger partial charge in [-0.05, 0) is 31.4 Å². The van der Waals surface area contributed by atoms with Gasteiger partial charge in [0.25, 0.3) is 0 Å². The van der Waals surface area contributed by atoms with Gasteiger partial charge in [-0.15, -0.1) is 0 Å². The molecule has 3 rings (SSSR count). The molecule has 0 aromatic carbocycles. The molecule has 1 aliphatic heterocycles. The molecule has 12 heavy (non-hydrogen) atoms. The van der Waals surface area contributed by atoms with E-state index in [2.05, 4.69) is 24.1 Å². The van der Waals surface area contributed by atoms with Crippen LogP contribution in [0.5, 0.6) is 0 Å². The Kier molecular flexibility index (Phi) is 0.978. The van der Waals surface area contributed by atoms with Gasteiger partial charge in [0.05, 0.1) is 11.4 Å². The van der Waals surface area contributed by atoms with Gasteiger partial charge in [0.15, 0.2) is 0 Å². The van der Waals surface area contributed by atoms with E-state index in [1.807, 2.05) is 6.20 Å². The first kappa shape index (κ1) is 6.46. The van der Waals surface area contributed by atoms with E-state index in [4.69, 9.17) is 0 Å². The highest BCUT2D eigenvalue weighted by molar-refractivity contribution is 5.67. The van der Waals surface area contributed by atoms with Gasteiger partial charge in [0.2, 0.25) is 0 Å². The average molecular weight is 160 g/mol. The molecule has 1 aromatic rings. The molecule has 1 N–H and O–H groups in total. The summed E-state index contributed by atoms with van der Waals surface area (Å²) >= 11 is 0. The Morgan fingerprint density at radius 3 is 3.08 bits per heavy atom. The summed E-state index contributed by atoms with van der Waals surface area (Å²) in [5, 5.41) is 3.52. The van der Waals surface area contributed by atoms with Crippen molar-refractivity contribution in [3.8, 4) is 0 Å². The van der Waals surface area contributed by atoms with Crippen molar-refractivity contribution < 1.29 is 0 Å². The molecule has 2 heterocycles. The Hall–Kier alpha value is -1.05. The van der Waals surface area contributed by atoms with Gasteiger partial charge in [-0.2, -0.15) is 0 Å². The van der Waals surface area contributed by atoms with Crippen molar-refractivity contribution in [3.05, 3.63) is 23.0 Å². The second-order valence-electron chi connectivity index (χ2n) is 3.91. The number of hydrogen-bond donors (Lipinski definition) is 1. The van der Waals surface area contributed by atoms with Crippen LogP contribution in [0, 0.1) is 13.8 Å². The molecule has 62 valence electrons. The lowest BCUT2D eigenvalue weighted by molar-refractivity contribution is 1.08. The van der Waals surface area contributed by atoms with Gasteiger partial charge in [-0.3, -0.25) is 4.98 Å². The van der Waals surface area contributed by atoms with Crippen molar-refractivity contribution in [1.29, 1.82) is 0 Å². The molecular formula is C10H12N2. The van der Waals surface area contributed by atoms with Crippen molar-refractivity contribution >= 4 is 5.69 Å². The zero-order chi connectivity index (χ0) is 8.29. The molecule has 2 heteroatoms. The molecule has 2 unspecified atom stereocenters. The summed E-state index contributed by atoms with van der Waals surface area (Å²) < 4.78 is 0. The fraction of sp³-hybridized carbons (Fsp3) is 0.500. The number of hydrogen-bond acceptors (Lipinski definition) is 2. The van der Waals surface area contributed by atoms with Gasteiger partial charge in [-0.25, -0.2) is 0 Å². The Morgan fingerprint density at radius 1 is 1.50 bits per heavy atom. The largest absolute Gasteiger partial charge is 0.380 e. The Labute approximate surface area is 72.0 Å². The molecular weight excluding hydrogens is 148 g/mol. The van der Waals surface area contributed by atoms with E-state index in [0.29, 0.717) is 0 Å². The molecule has 2 atom stereocenters. The second kappa shape index (κ2) is 1.82. The van der Waals surface area contributed by atoms with Crippen LogP contribution in [0.25, 0.3) is 0 Å². The minimum absolute atomic E-state index is 0.738. The van der Waals surface area contributed by atoms with Crippen LogP contribution in [0.2, 0.25) is 0 Å². The maximum Gasteiger partial charge on any atom is 0.0606 e. The first-order chi connectivity index (χ1) is 5.77. The summed E-state index contributed by atoms with van der Waals surface area (Å²) in [5.41, 5.74) is 5.36. The van der Waals surface area contributed by atoms with Crippen LogP contribution in [0.4, 0.5) is 5.69 Å². The van der Waals surface area contributed by atoms with Crippen LogP contribution in [0.1, 0.15) is 29.2 Å². The molecule has 0 amide bonds. The highest BCUT2D eigenvalue weighted by atomic mass is 15.0. The fourth-order valence-electron chi connectivity index (χ4n) is 2.24. The number of anilines is 1. The minimum atomic E-state index is 0.738. The van der Waals surface area contributed by atoms with E-state index in [0.717, 1.165) is 17.7 Å². The van der Waals surface area contributed by atoms with Crippen LogP contribution < -0.4 is 5.32 Å². The third-order valence-corrected chi connectivity index (χ3v) is 3.00. The summed E-state index contributed by atoms with van der Waals surface area (Å²) in [7, 11) is 0. The fourth-order valence-corrected chi connectivity index (χ4v) is 2.24. The smallest absolute Gasteiger partial charge is 0.0606 e. The zero-order valence-corrected chi connectivity index (χ0v) is 7.39. The highest BCUT2D eigenvalue weighted by Gasteiger charge is 2.46. The quantitative estimate of drug-likeness (QED) is 0.627. The van der Waals surface area contributed by atoms with Crippen LogP contribution >= 0.6 is 0 Å². The van der Waals surface area contributed by atoms with E-state index < -0.39 is 0 Å². The maximum atomic E-state index is 4.34. The van der Waals surface area contributed by atoms with Crippen molar-refractivity contribution in [2.24, 2.45) is 0 Å². The standard InChI is InChI=1S/C10H12N2/c1-5-4-11-6(2)10-9(5)7-3-8(7)12-10/h4,7-8,12H,3H2,1-2H3. The summed E-state index contributed by atoms with van der Waals surface area (Å²) in [6.45, 7) is 4.24. The third-order valence-electron chi connectivity index (χ3n) is 3.00. The van der Waals surface area contributed by atoms with E-state index in [1.165, 1.54) is 23.2 Å². The monoisotopic (exact) mass is 160 g/mol. The topological polar surface area (TPSA) is 24.9 Å². The minimum Gasteiger partial charge on any atom is -0.380 e. The predicted molar refractivity (Wildman–Crippen MR) is 48.5 cm³/mol. The number of rotatable bonds is 0. The van der Waals surface area contributed by atoms with Gasteiger partial charge in [-0.1, -0.05) is 0 Å². The molecule has 0 spiro atoms. The van der Waals surface area contributed by atoms with Gasteiger partial charge >= 0.3 is 0 Å². The first-order valence-electron chi connectivity index (χ1n) is 4.50. The lowest BCUT2D eigenvalue weighted by atomic mass is 10.1. The molecule has 1 fully saturated rings. The molecule has 1 saturated carbocycles. The molecule has 0 saturated heterocycles. The lowest BCUT2D eigenvalue weighted by Crippen LogP contribution is -2.00. The maximum absolute atomic E-state index is 4.34. The normalized spacial score (nSPS) is 29.2. The molecule has 0 bridgehead atoms. The number of fused-ring (bicyclic) bond motifs is 3. The number of pyridine rings is 1. The van der Waals surface area contributed by atoms with E-state index in [-0.39, 0.29) is 0 Å². The number of nitrogens with zero attached hydrogens (tertiary/aromatic N) is 1.